The first kappa shape index (κ1) is 22.9. The molecule has 0 saturated carbocycles. The number of hydrogen-bond donors (Lipinski definition) is 2. The average Bonchev–Trinajstić information content (AvgIpc) is 2.95. The predicted molar refractivity (Wildman–Crippen MR) is 132 cm³/mol. The maximum Gasteiger partial charge on any atom is 0.272 e. The number of aryl methyl sites for hydroxylation is 1. The molecule has 2 atom stereocenters. The number of nitrogens with one attached hydrogen (secondary N) is 2. The van der Waals surface area contributed by atoms with Gasteiger partial charge in [-0.2, -0.15) is 0 Å². The van der Waals surface area contributed by atoms with Gasteiger partial charge in [-0.3, -0.25) is 14.4 Å². The number of benzodiazepines with no additional fused rings is 1. The third-order valence-electron chi connectivity index (χ3n) is 5.72. The summed E-state index contributed by atoms with van der Waals surface area (Å²) in [6.45, 7) is 3.50. The van der Waals surface area contributed by atoms with Gasteiger partial charge in [-0.25, -0.2) is 4.99 Å². The third kappa shape index (κ3) is 4.73. The van der Waals surface area contributed by atoms with Crippen LogP contribution in [0.5, 0.6) is 0 Å². The molecule has 1 heterocycles. The van der Waals surface area contributed by atoms with E-state index in [-0.39, 0.29) is 11.8 Å². The summed E-state index contributed by atoms with van der Waals surface area (Å²) >= 11 is 0. The molecule has 0 bridgehead atoms. The molecule has 3 aromatic rings. The van der Waals surface area contributed by atoms with Gasteiger partial charge >= 0.3 is 0 Å². The van der Waals surface area contributed by atoms with E-state index in [4.69, 9.17) is 0 Å². The Morgan fingerprint density at radius 3 is 2.29 bits per heavy atom. The van der Waals surface area contributed by atoms with Crippen LogP contribution >= 0.6 is 0 Å². The summed E-state index contributed by atoms with van der Waals surface area (Å²) in [5, 5.41) is 5.39. The lowest BCUT2D eigenvalue weighted by Crippen LogP contribution is -2.52. The quantitative estimate of drug-likeness (QED) is 0.621. The van der Waals surface area contributed by atoms with Crippen LogP contribution in [-0.4, -0.2) is 42.7 Å². The molecule has 34 heavy (non-hydrogen) atoms. The van der Waals surface area contributed by atoms with Crippen molar-refractivity contribution in [1.29, 1.82) is 0 Å². The Labute approximate surface area is 198 Å². The van der Waals surface area contributed by atoms with Crippen LogP contribution in [-0.2, 0) is 9.59 Å². The Morgan fingerprint density at radius 2 is 1.59 bits per heavy atom. The van der Waals surface area contributed by atoms with E-state index in [2.05, 4.69) is 15.6 Å². The number of benzene rings is 3. The second-order valence-corrected chi connectivity index (χ2v) is 8.23. The Morgan fingerprint density at radius 1 is 0.941 bits per heavy atom. The van der Waals surface area contributed by atoms with Gasteiger partial charge in [-0.05, 0) is 32.0 Å². The van der Waals surface area contributed by atoms with Crippen LogP contribution < -0.4 is 15.5 Å². The molecule has 1 aliphatic heterocycles. The number of nitrogens with zero attached hydrogens (tertiary/aromatic N) is 2. The van der Waals surface area contributed by atoms with Crippen LogP contribution in [0.2, 0.25) is 0 Å². The number of hydrogen-bond acceptors (Lipinski definition) is 4. The fraction of sp³-hybridized carbons (Fsp3) is 0.185. The third-order valence-corrected chi connectivity index (χ3v) is 5.72. The molecule has 0 aliphatic carbocycles. The van der Waals surface area contributed by atoms with E-state index in [1.807, 2.05) is 73.7 Å². The Bertz CT molecular complexity index is 1250. The van der Waals surface area contributed by atoms with Crippen LogP contribution in [0.3, 0.4) is 0 Å². The van der Waals surface area contributed by atoms with Gasteiger partial charge in [-0.15, -0.1) is 0 Å². The molecule has 172 valence electrons. The smallest absolute Gasteiger partial charge is 0.272 e. The molecule has 1 unspecified atom stereocenters. The van der Waals surface area contributed by atoms with E-state index in [9.17, 15) is 14.4 Å². The van der Waals surface area contributed by atoms with Gasteiger partial charge in [0, 0.05) is 23.7 Å². The topological polar surface area (TPSA) is 90.9 Å². The van der Waals surface area contributed by atoms with Gasteiger partial charge in [0.25, 0.3) is 11.8 Å². The zero-order chi connectivity index (χ0) is 24.2. The highest BCUT2D eigenvalue weighted by Gasteiger charge is 2.32. The molecule has 0 saturated heterocycles. The van der Waals surface area contributed by atoms with Crippen LogP contribution in [0.15, 0.2) is 83.9 Å². The zero-order valence-electron chi connectivity index (χ0n) is 19.3. The second-order valence-electron chi connectivity index (χ2n) is 8.23. The molecule has 0 fully saturated rings. The Hall–Kier alpha value is -4.26. The van der Waals surface area contributed by atoms with Gasteiger partial charge in [0.1, 0.15) is 6.04 Å². The minimum absolute atomic E-state index is 0.368. The SMILES string of the molecule is Cc1ccc(C(=O)N[C@@H](C)C(=O)NC2N=C(c3ccccc3)c3ccccc3N(C)C2=O)cc1. The summed E-state index contributed by atoms with van der Waals surface area (Å²) in [5.41, 5.74) is 4.42. The fourth-order valence-corrected chi connectivity index (χ4v) is 3.75. The van der Waals surface area contributed by atoms with Gasteiger partial charge in [0.2, 0.25) is 12.1 Å². The van der Waals surface area contributed by atoms with Crippen molar-refractivity contribution in [2.24, 2.45) is 4.99 Å². The fourth-order valence-electron chi connectivity index (χ4n) is 3.75. The molecule has 3 aromatic carbocycles. The summed E-state index contributed by atoms with van der Waals surface area (Å²) in [4.78, 5) is 44.9. The first-order chi connectivity index (χ1) is 16.3. The monoisotopic (exact) mass is 454 g/mol. The van der Waals surface area contributed by atoms with Crippen LogP contribution in [0.4, 0.5) is 5.69 Å². The Kier molecular flexibility index (Phi) is 6.54. The lowest BCUT2D eigenvalue weighted by Gasteiger charge is -2.22. The van der Waals surface area contributed by atoms with Crippen molar-refractivity contribution in [3.63, 3.8) is 0 Å². The van der Waals surface area contributed by atoms with Crippen LogP contribution in [0.1, 0.15) is 34.0 Å². The molecule has 2 N–H and O–H groups in total. The maximum absolute atomic E-state index is 13.2. The van der Waals surface area contributed by atoms with Crippen molar-refractivity contribution in [3.05, 3.63) is 101 Å². The van der Waals surface area contributed by atoms with Crippen molar-refractivity contribution in [2.45, 2.75) is 26.1 Å². The second kappa shape index (κ2) is 9.70. The normalized spacial score (nSPS) is 16.1. The number of anilines is 1. The summed E-state index contributed by atoms with van der Waals surface area (Å²) in [6.07, 6.45) is -1.14. The molecule has 0 spiro atoms. The van der Waals surface area contributed by atoms with Crippen molar-refractivity contribution >= 4 is 29.1 Å². The summed E-state index contributed by atoms with van der Waals surface area (Å²) in [5.74, 6) is -1.24. The first-order valence-corrected chi connectivity index (χ1v) is 11.0. The molecular formula is C27H26N4O3. The molecule has 4 rings (SSSR count). The lowest BCUT2D eigenvalue weighted by molar-refractivity contribution is -0.128. The largest absolute Gasteiger partial charge is 0.341 e. The van der Waals surface area contributed by atoms with Gasteiger partial charge in [0.15, 0.2) is 0 Å². The zero-order valence-corrected chi connectivity index (χ0v) is 19.3. The summed E-state index contributed by atoms with van der Waals surface area (Å²) < 4.78 is 0. The van der Waals surface area contributed by atoms with Crippen LogP contribution in [0, 0.1) is 6.92 Å². The molecule has 7 nitrogen and oxygen atoms in total. The number of likely N-dealkylation sites (N-methyl/N-ethyl adjacent to an activating group) is 1. The van der Waals surface area contributed by atoms with Crippen molar-refractivity contribution < 1.29 is 14.4 Å². The van der Waals surface area contributed by atoms with E-state index < -0.39 is 18.1 Å². The van der Waals surface area contributed by atoms with E-state index in [1.54, 1.807) is 26.1 Å². The van der Waals surface area contributed by atoms with E-state index in [0.717, 1.165) is 16.7 Å². The molecule has 7 heteroatoms. The van der Waals surface area contributed by atoms with Gasteiger partial charge < -0.3 is 15.5 Å². The number of carbonyl (C=O) groups excluding carboxylic acids is 3. The average molecular weight is 455 g/mol. The van der Waals surface area contributed by atoms with Crippen molar-refractivity contribution in [1.82, 2.24) is 10.6 Å². The highest BCUT2D eigenvalue weighted by molar-refractivity contribution is 6.20. The number of carbonyl (C=O) groups is 3. The number of fused-ring (bicyclic) bond motifs is 1. The molecule has 0 aromatic heterocycles. The highest BCUT2D eigenvalue weighted by Crippen LogP contribution is 2.27. The number of rotatable bonds is 5. The van der Waals surface area contributed by atoms with Crippen LogP contribution in [0.25, 0.3) is 0 Å². The van der Waals surface area contributed by atoms with Crippen molar-refractivity contribution in [3.8, 4) is 0 Å². The molecule has 1 aliphatic rings. The predicted octanol–water partition coefficient (Wildman–Crippen LogP) is 3.07. The maximum atomic E-state index is 13.2. The molecule has 0 radical (unpaired) electrons. The minimum Gasteiger partial charge on any atom is -0.341 e. The summed E-state index contributed by atoms with van der Waals surface area (Å²) in [6, 6.07) is 23.2. The van der Waals surface area contributed by atoms with Gasteiger partial charge in [0.05, 0.1) is 11.4 Å². The number of para-hydroxylation sites is 1. The summed E-state index contributed by atoms with van der Waals surface area (Å²) in [7, 11) is 1.66. The van der Waals surface area contributed by atoms with Gasteiger partial charge in [-0.1, -0.05) is 66.2 Å². The van der Waals surface area contributed by atoms with E-state index in [1.165, 1.54) is 4.90 Å². The highest BCUT2D eigenvalue weighted by atomic mass is 16.2. The Balaban J connectivity index is 1.59. The molecular weight excluding hydrogens is 428 g/mol. The van der Waals surface area contributed by atoms with Crippen molar-refractivity contribution in [2.75, 3.05) is 11.9 Å². The minimum atomic E-state index is -1.14. The molecule has 3 amide bonds. The lowest BCUT2D eigenvalue weighted by atomic mass is 10.0. The first-order valence-electron chi connectivity index (χ1n) is 11.0. The number of amides is 3. The van der Waals surface area contributed by atoms with E-state index in [0.29, 0.717) is 17.0 Å². The number of aliphatic imine (C=N–C) groups is 1. The van der Waals surface area contributed by atoms with E-state index >= 15 is 0 Å². The standard InChI is InChI=1S/C27H26N4O3/c1-17-13-15-20(16-14-17)26(33)28-18(2)25(32)30-24-27(34)31(3)22-12-8-7-11-21(22)23(29-24)19-9-5-4-6-10-19/h4-16,18,24H,1-3H3,(H,28,33)(H,30,32)/t18-,24?/m0/s1.